The van der Waals surface area contributed by atoms with E-state index in [0.29, 0.717) is 12.6 Å². The Bertz CT molecular complexity index is 577. The second-order valence-electron chi connectivity index (χ2n) is 7.89. The minimum atomic E-state index is -0.725. The number of aliphatic carboxylic acids is 1. The molecule has 0 amide bonds. The van der Waals surface area contributed by atoms with Crippen molar-refractivity contribution in [3.63, 3.8) is 0 Å². The Morgan fingerprint density at radius 1 is 1.21 bits per heavy atom. The van der Waals surface area contributed by atoms with Crippen LogP contribution in [-0.4, -0.2) is 42.2 Å². The van der Waals surface area contributed by atoms with Gasteiger partial charge in [0.1, 0.15) is 5.75 Å². The maximum absolute atomic E-state index is 12.1. The first kappa shape index (κ1) is 17.3. The molecule has 0 unspecified atom stereocenters. The molecule has 1 saturated heterocycles. The fourth-order valence-corrected chi connectivity index (χ4v) is 4.44. The second kappa shape index (κ2) is 6.75. The minimum absolute atomic E-state index is 0.0280. The lowest BCUT2D eigenvalue weighted by Crippen LogP contribution is -2.39. The molecule has 132 valence electrons. The zero-order chi connectivity index (χ0) is 17.3. The Labute approximate surface area is 144 Å². The molecule has 1 aliphatic heterocycles. The van der Waals surface area contributed by atoms with Crippen LogP contribution >= 0.6 is 0 Å². The lowest BCUT2D eigenvalue weighted by Gasteiger charge is -2.34. The number of rotatable bonds is 4. The highest BCUT2D eigenvalue weighted by molar-refractivity contribution is 5.76. The first-order chi connectivity index (χ1) is 11.4. The molecule has 0 aromatic heterocycles. The number of hydrogen-bond acceptors (Lipinski definition) is 3. The van der Waals surface area contributed by atoms with Gasteiger partial charge in [0.2, 0.25) is 0 Å². The standard InChI is InChI=1S/C20H29NO3/c1-14-4-8-16(9-5-14)21-12-18(20(2,13-21)19(22)23)15-6-10-17(24-3)11-7-15/h6-7,10-11,14,16,18H,4-5,8-9,12-13H2,1-3H3,(H,22,23)/t14-,16-,18-,20+/m0/s1. The van der Waals surface area contributed by atoms with Crippen molar-refractivity contribution in [3.05, 3.63) is 29.8 Å². The van der Waals surface area contributed by atoms with Gasteiger partial charge >= 0.3 is 5.97 Å². The molecule has 0 radical (unpaired) electrons. The molecular weight excluding hydrogens is 302 g/mol. The number of likely N-dealkylation sites (tertiary alicyclic amines) is 1. The average Bonchev–Trinajstić information content (AvgIpc) is 2.95. The van der Waals surface area contributed by atoms with Gasteiger partial charge in [-0.2, -0.15) is 0 Å². The largest absolute Gasteiger partial charge is 0.497 e. The van der Waals surface area contributed by atoms with E-state index in [2.05, 4.69) is 11.8 Å². The van der Waals surface area contributed by atoms with Crippen LogP contribution in [0.1, 0.15) is 51.0 Å². The summed E-state index contributed by atoms with van der Waals surface area (Å²) in [5.74, 6) is 0.967. The average molecular weight is 331 g/mol. The summed E-state index contributed by atoms with van der Waals surface area (Å²) in [5, 5.41) is 9.91. The number of carboxylic acid groups (broad SMARTS) is 1. The minimum Gasteiger partial charge on any atom is -0.497 e. The predicted molar refractivity (Wildman–Crippen MR) is 94.5 cm³/mol. The summed E-state index contributed by atoms with van der Waals surface area (Å²) in [6.07, 6.45) is 4.93. The SMILES string of the molecule is COc1ccc([C@@H]2CN([C@H]3CC[C@H](C)CC3)C[C@@]2(C)C(=O)O)cc1. The highest BCUT2D eigenvalue weighted by atomic mass is 16.5. The molecule has 4 nitrogen and oxygen atoms in total. The summed E-state index contributed by atoms with van der Waals surface area (Å²) in [6, 6.07) is 8.46. The Balaban J connectivity index is 1.82. The highest BCUT2D eigenvalue weighted by Gasteiger charge is 2.50. The third-order valence-corrected chi connectivity index (χ3v) is 6.23. The first-order valence-electron chi connectivity index (χ1n) is 9.05. The number of benzene rings is 1. The summed E-state index contributed by atoms with van der Waals surface area (Å²) in [4.78, 5) is 14.5. The van der Waals surface area contributed by atoms with Gasteiger partial charge in [0.15, 0.2) is 0 Å². The van der Waals surface area contributed by atoms with E-state index in [1.165, 1.54) is 25.7 Å². The van der Waals surface area contributed by atoms with Gasteiger partial charge in [0.05, 0.1) is 12.5 Å². The number of methoxy groups -OCH3 is 1. The van der Waals surface area contributed by atoms with Crippen LogP contribution in [0.3, 0.4) is 0 Å². The summed E-state index contributed by atoms with van der Waals surface area (Å²) >= 11 is 0. The molecule has 0 bridgehead atoms. The van der Waals surface area contributed by atoms with Gasteiger partial charge in [-0.05, 0) is 56.2 Å². The summed E-state index contributed by atoms with van der Waals surface area (Å²) in [7, 11) is 1.65. The van der Waals surface area contributed by atoms with Crippen molar-refractivity contribution >= 4 is 5.97 Å². The van der Waals surface area contributed by atoms with Crippen molar-refractivity contribution < 1.29 is 14.6 Å². The molecule has 4 heteroatoms. The molecule has 1 aliphatic carbocycles. The highest BCUT2D eigenvalue weighted by Crippen LogP contribution is 2.45. The van der Waals surface area contributed by atoms with Crippen molar-refractivity contribution in [2.75, 3.05) is 20.2 Å². The lowest BCUT2D eigenvalue weighted by molar-refractivity contribution is -0.148. The monoisotopic (exact) mass is 331 g/mol. The van der Waals surface area contributed by atoms with E-state index < -0.39 is 11.4 Å². The summed E-state index contributed by atoms with van der Waals surface area (Å²) in [6.45, 7) is 5.73. The molecule has 24 heavy (non-hydrogen) atoms. The van der Waals surface area contributed by atoms with Gasteiger partial charge in [-0.1, -0.05) is 19.1 Å². The molecule has 0 spiro atoms. The Morgan fingerprint density at radius 2 is 1.83 bits per heavy atom. The van der Waals surface area contributed by atoms with E-state index in [4.69, 9.17) is 4.74 Å². The summed E-state index contributed by atoms with van der Waals surface area (Å²) in [5.41, 5.74) is 0.380. The zero-order valence-electron chi connectivity index (χ0n) is 15.0. The number of carboxylic acids is 1. The van der Waals surface area contributed by atoms with Gasteiger partial charge in [-0.15, -0.1) is 0 Å². The van der Waals surface area contributed by atoms with Gasteiger partial charge < -0.3 is 9.84 Å². The van der Waals surface area contributed by atoms with E-state index in [1.807, 2.05) is 31.2 Å². The third kappa shape index (κ3) is 3.16. The van der Waals surface area contributed by atoms with Gasteiger partial charge in [-0.3, -0.25) is 9.69 Å². The lowest BCUT2D eigenvalue weighted by atomic mass is 9.76. The van der Waals surface area contributed by atoms with Crippen LogP contribution < -0.4 is 4.74 Å². The van der Waals surface area contributed by atoms with Crippen LogP contribution in [-0.2, 0) is 4.79 Å². The number of nitrogens with zero attached hydrogens (tertiary/aromatic N) is 1. The molecule has 2 aliphatic rings. The molecular formula is C20H29NO3. The van der Waals surface area contributed by atoms with Crippen LogP contribution in [0.4, 0.5) is 0 Å². The predicted octanol–water partition coefficient (Wildman–Crippen LogP) is 3.76. The third-order valence-electron chi connectivity index (χ3n) is 6.23. The van der Waals surface area contributed by atoms with Crippen LogP contribution in [0.5, 0.6) is 5.75 Å². The Kier molecular flexibility index (Phi) is 4.86. The van der Waals surface area contributed by atoms with Crippen molar-refractivity contribution in [1.29, 1.82) is 0 Å². The molecule has 1 N–H and O–H groups in total. The molecule has 3 rings (SSSR count). The van der Waals surface area contributed by atoms with Gasteiger partial charge in [0, 0.05) is 25.0 Å². The number of hydrogen-bond donors (Lipinski definition) is 1. The van der Waals surface area contributed by atoms with Gasteiger partial charge in [0.25, 0.3) is 0 Å². The van der Waals surface area contributed by atoms with Crippen molar-refractivity contribution in [2.45, 2.75) is 51.5 Å². The topological polar surface area (TPSA) is 49.8 Å². The van der Waals surface area contributed by atoms with E-state index in [9.17, 15) is 9.90 Å². The maximum atomic E-state index is 12.1. The molecule has 1 aromatic rings. The Morgan fingerprint density at radius 3 is 2.38 bits per heavy atom. The van der Waals surface area contributed by atoms with Crippen LogP contribution in [0.15, 0.2) is 24.3 Å². The van der Waals surface area contributed by atoms with E-state index in [1.54, 1.807) is 7.11 Å². The van der Waals surface area contributed by atoms with Crippen LogP contribution in [0.25, 0.3) is 0 Å². The van der Waals surface area contributed by atoms with Crippen molar-refractivity contribution in [3.8, 4) is 5.75 Å². The van der Waals surface area contributed by atoms with Crippen molar-refractivity contribution in [1.82, 2.24) is 4.90 Å². The van der Waals surface area contributed by atoms with Crippen molar-refractivity contribution in [2.24, 2.45) is 11.3 Å². The normalized spacial score (nSPS) is 34.2. The smallest absolute Gasteiger partial charge is 0.311 e. The quantitative estimate of drug-likeness (QED) is 0.912. The first-order valence-corrected chi connectivity index (χ1v) is 9.05. The summed E-state index contributed by atoms with van der Waals surface area (Å²) < 4.78 is 5.23. The number of carbonyl (C=O) groups is 1. The van der Waals surface area contributed by atoms with Crippen LogP contribution in [0, 0.1) is 11.3 Å². The molecule has 2 atom stereocenters. The fourth-order valence-electron chi connectivity index (χ4n) is 4.44. The molecule has 1 heterocycles. The zero-order valence-corrected chi connectivity index (χ0v) is 15.0. The number of ether oxygens (including phenoxy) is 1. The second-order valence-corrected chi connectivity index (χ2v) is 7.89. The van der Waals surface area contributed by atoms with E-state index in [0.717, 1.165) is 23.8 Å². The van der Waals surface area contributed by atoms with Crippen LogP contribution in [0.2, 0.25) is 0 Å². The molecule has 2 fully saturated rings. The fraction of sp³-hybridized carbons (Fsp3) is 0.650. The van der Waals surface area contributed by atoms with E-state index in [-0.39, 0.29) is 5.92 Å². The maximum Gasteiger partial charge on any atom is 0.311 e. The molecule has 1 saturated carbocycles. The van der Waals surface area contributed by atoms with Gasteiger partial charge in [-0.25, -0.2) is 0 Å². The molecule has 1 aromatic carbocycles. The van der Waals surface area contributed by atoms with E-state index >= 15 is 0 Å². The Hall–Kier alpha value is -1.55.